The quantitative estimate of drug-likeness (QED) is 0.807. The Bertz CT molecular complexity index is 379. The van der Waals surface area contributed by atoms with Crippen LogP contribution in [0.3, 0.4) is 0 Å². The van der Waals surface area contributed by atoms with Gasteiger partial charge < -0.3 is 15.7 Å². The van der Waals surface area contributed by atoms with Gasteiger partial charge in [0.15, 0.2) is 0 Å². The van der Waals surface area contributed by atoms with Crippen LogP contribution in [0.5, 0.6) is 0 Å². The molecule has 18 heavy (non-hydrogen) atoms. The van der Waals surface area contributed by atoms with Crippen LogP contribution in [0.15, 0.2) is 6.33 Å². The molecule has 3 N–H and O–H groups in total. The molecule has 0 unspecified atom stereocenters. The molecule has 0 amide bonds. The Balaban J connectivity index is 3.14. The Hall–Kier alpha value is -1.36. The smallest absolute Gasteiger partial charge is 0.137 e. The summed E-state index contributed by atoms with van der Waals surface area (Å²) in [4.78, 5) is 10.6. The van der Waals surface area contributed by atoms with Gasteiger partial charge in [-0.2, -0.15) is 0 Å². The predicted octanol–water partition coefficient (Wildman–Crippen LogP) is 1.78. The Morgan fingerprint density at radius 3 is 2.44 bits per heavy atom. The zero-order valence-electron chi connectivity index (χ0n) is 11.7. The van der Waals surface area contributed by atoms with Crippen LogP contribution >= 0.6 is 0 Å². The first-order valence-corrected chi connectivity index (χ1v) is 6.46. The summed E-state index contributed by atoms with van der Waals surface area (Å²) in [6.45, 7) is 9.34. The van der Waals surface area contributed by atoms with E-state index in [1.165, 1.54) is 6.33 Å². The van der Waals surface area contributed by atoms with Gasteiger partial charge in [0, 0.05) is 24.8 Å². The minimum atomic E-state index is 0.181. The molecular weight excluding hydrogens is 228 g/mol. The van der Waals surface area contributed by atoms with E-state index in [4.69, 9.17) is 10.8 Å². The van der Waals surface area contributed by atoms with Gasteiger partial charge in [-0.1, -0.05) is 13.8 Å². The maximum Gasteiger partial charge on any atom is 0.137 e. The van der Waals surface area contributed by atoms with Crippen molar-refractivity contribution in [2.45, 2.75) is 46.1 Å². The van der Waals surface area contributed by atoms with Crippen molar-refractivity contribution >= 4 is 11.6 Å². The zero-order valence-corrected chi connectivity index (χ0v) is 11.7. The Labute approximate surface area is 109 Å². The van der Waals surface area contributed by atoms with E-state index < -0.39 is 0 Å². The molecule has 5 nitrogen and oxygen atoms in total. The van der Waals surface area contributed by atoms with E-state index in [2.05, 4.69) is 42.6 Å². The van der Waals surface area contributed by atoms with Crippen LogP contribution in [-0.4, -0.2) is 34.3 Å². The first-order chi connectivity index (χ1) is 8.49. The minimum absolute atomic E-state index is 0.181. The Morgan fingerprint density at radius 1 is 1.28 bits per heavy atom. The van der Waals surface area contributed by atoms with E-state index >= 15 is 0 Å². The number of nitrogen functional groups attached to an aromatic ring is 1. The third-order valence-electron chi connectivity index (χ3n) is 2.92. The highest BCUT2D eigenvalue weighted by Crippen LogP contribution is 2.30. The summed E-state index contributed by atoms with van der Waals surface area (Å²) in [7, 11) is 0. The number of aromatic nitrogens is 2. The average Bonchev–Trinajstić information content (AvgIpc) is 2.28. The predicted molar refractivity (Wildman–Crippen MR) is 74.7 cm³/mol. The molecule has 0 atom stereocenters. The fourth-order valence-electron chi connectivity index (χ4n) is 2.03. The summed E-state index contributed by atoms with van der Waals surface area (Å²) < 4.78 is 0. The van der Waals surface area contributed by atoms with Crippen LogP contribution < -0.4 is 10.6 Å². The van der Waals surface area contributed by atoms with Crippen LogP contribution in [0, 0.1) is 0 Å². The molecule has 5 heteroatoms. The largest absolute Gasteiger partial charge is 0.396 e. The zero-order chi connectivity index (χ0) is 13.7. The van der Waals surface area contributed by atoms with Crippen LogP contribution in [0.4, 0.5) is 11.6 Å². The maximum absolute atomic E-state index is 8.99. The molecule has 0 fully saturated rings. The third-order valence-corrected chi connectivity index (χ3v) is 2.92. The van der Waals surface area contributed by atoms with Gasteiger partial charge in [0.05, 0.1) is 0 Å². The monoisotopic (exact) mass is 252 g/mol. The van der Waals surface area contributed by atoms with Gasteiger partial charge in [0.25, 0.3) is 0 Å². The number of aliphatic hydroxyl groups is 1. The summed E-state index contributed by atoms with van der Waals surface area (Å²) in [5.74, 6) is 1.71. The number of nitrogens with two attached hydrogens (primary N) is 1. The van der Waals surface area contributed by atoms with Crippen LogP contribution in [0.1, 0.15) is 45.6 Å². The molecule has 102 valence electrons. The van der Waals surface area contributed by atoms with Crippen molar-refractivity contribution in [1.29, 1.82) is 0 Å². The van der Waals surface area contributed by atoms with Crippen molar-refractivity contribution in [1.82, 2.24) is 9.97 Å². The molecule has 0 saturated heterocycles. The topological polar surface area (TPSA) is 75.3 Å². The summed E-state index contributed by atoms with van der Waals surface area (Å²) in [6, 6.07) is 0.309. The van der Waals surface area contributed by atoms with Crippen molar-refractivity contribution in [3.8, 4) is 0 Å². The van der Waals surface area contributed by atoms with E-state index in [-0.39, 0.29) is 12.5 Å². The molecule has 0 radical (unpaired) electrons. The lowest BCUT2D eigenvalue weighted by atomic mass is 10.0. The number of anilines is 2. The summed E-state index contributed by atoms with van der Waals surface area (Å²) >= 11 is 0. The van der Waals surface area contributed by atoms with E-state index in [0.717, 1.165) is 24.3 Å². The average molecular weight is 252 g/mol. The van der Waals surface area contributed by atoms with E-state index in [0.29, 0.717) is 11.9 Å². The SMILES string of the molecule is CC(C)c1c(N)ncnc1N(CCCO)C(C)C. The molecule has 0 aliphatic carbocycles. The van der Waals surface area contributed by atoms with E-state index in [1.807, 2.05) is 0 Å². The number of aliphatic hydroxyl groups excluding tert-OH is 1. The first kappa shape index (κ1) is 14.7. The van der Waals surface area contributed by atoms with E-state index in [1.54, 1.807) is 0 Å². The summed E-state index contributed by atoms with van der Waals surface area (Å²) in [5, 5.41) is 8.99. The van der Waals surface area contributed by atoms with Crippen molar-refractivity contribution in [2.24, 2.45) is 0 Å². The Morgan fingerprint density at radius 2 is 1.94 bits per heavy atom. The maximum atomic E-state index is 8.99. The van der Waals surface area contributed by atoms with Crippen molar-refractivity contribution in [3.63, 3.8) is 0 Å². The fourth-order valence-corrected chi connectivity index (χ4v) is 2.03. The lowest BCUT2D eigenvalue weighted by molar-refractivity contribution is 0.288. The van der Waals surface area contributed by atoms with Crippen LogP contribution in [0.2, 0.25) is 0 Å². The molecule has 1 aromatic heterocycles. The molecule has 0 aliphatic heterocycles. The Kier molecular flexibility index (Phi) is 5.34. The number of hydrogen-bond acceptors (Lipinski definition) is 5. The van der Waals surface area contributed by atoms with Gasteiger partial charge in [-0.3, -0.25) is 0 Å². The summed E-state index contributed by atoms with van der Waals surface area (Å²) in [5.41, 5.74) is 6.95. The van der Waals surface area contributed by atoms with Crippen molar-refractivity contribution in [2.75, 3.05) is 23.8 Å². The number of hydrogen-bond donors (Lipinski definition) is 2. The normalized spacial score (nSPS) is 11.3. The van der Waals surface area contributed by atoms with Gasteiger partial charge in [0.2, 0.25) is 0 Å². The van der Waals surface area contributed by atoms with Gasteiger partial charge in [-0.05, 0) is 26.2 Å². The molecule has 0 saturated carbocycles. The van der Waals surface area contributed by atoms with Gasteiger partial charge in [-0.25, -0.2) is 9.97 Å². The first-order valence-electron chi connectivity index (χ1n) is 6.46. The minimum Gasteiger partial charge on any atom is -0.396 e. The third kappa shape index (κ3) is 3.32. The van der Waals surface area contributed by atoms with Crippen LogP contribution in [0.25, 0.3) is 0 Å². The molecule has 0 aliphatic rings. The molecule has 1 heterocycles. The lowest BCUT2D eigenvalue weighted by Gasteiger charge is -2.30. The molecule has 0 aromatic carbocycles. The standard InChI is InChI=1S/C13H24N4O/c1-9(2)11-12(14)15-8-16-13(11)17(10(3)4)6-5-7-18/h8-10,18H,5-7H2,1-4H3,(H2,14,15,16). The second-order valence-electron chi connectivity index (χ2n) is 5.02. The highest BCUT2D eigenvalue weighted by Gasteiger charge is 2.20. The second kappa shape index (κ2) is 6.54. The molecule has 0 spiro atoms. The van der Waals surface area contributed by atoms with Gasteiger partial charge in [0.1, 0.15) is 18.0 Å². The fraction of sp³-hybridized carbons (Fsp3) is 0.692. The molecule has 0 bridgehead atoms. The number of rotatable bonds is 6. The molecule has 1 aromatic rings. The van der Waals surface area contributed by atoms with Crippen molar-refractivity contribution in [3.05, 3.63) is 11.9 Å². The van der Waals surface area contributed by atoms with Crippen LogP contribution in [-0.2, 0) is 0 Å². The second-order valence-corrected chi connectivity index (χ2v) is 5.02. The molecule has 1 rings (SSSR count). The van der Waals surface area contributed by atoms with Crippen molar-refractivity contribution < 1.29 is 5.11 Å². The van der Waals surface area contributed by atoms with Gasteiger partial charge >= 0.3 is 0 Å². The summed E-state index contributed by atoms with van der Waals surface area (Å²) in [6.07, 6.45) is 2.23. The highest BCUT2D eigenvalue weighted by atomic mass is 16.3. The van der Waals surface area contributed by atoms with E-state index in [9.17, 15) is 0 Å². The highest BCUT2D eigenvalue weighted by molar-refractivity contribution is 5.58. The molecular formula is C13H24N4O. The number of nitrogens with zero attached hydrogens (tertiary/aromatic N) is 3. The lowest BCUT2D eigenvalue weighted by Crippen LogP contribution is -2.34. The van der Waals surface area contributed by atoms with Gasteiger partial charge in [-0.15, -0.1) is 0 Å².